The number of nitrogens with one attached hydrogen (secondary N) is 1. The van der Waals surface area contributed by atoms with Crippen LogP contribution in [0.25, 0.3) is 0 Å². The summed E-state index contributed by atoms with van der Waals surface area (Å²) in [6, 6.07) is 9.91. The van der Waals surface area contributed by atoms with E-state index in [1.807, 2.05) is 33.8 Å². The van der Waals surface area contributed by atoms with Gasteiger partial charge in [0.05, 0.1) is 6.04 Å². The van der Waals surface area contributed by atoms with E-state index in [1.54, 1.807) is 19.1 Å². The van der Waals surface area contributed by atoms with Gasteiger partial charge in [0.1, 0.15) is 11.6 Å². The molecule has 2 aromatic rings. The van der Waals surface area contributed by atoms with Gasteiger partial charge in [-0.2, -0.15) is 0 Å². The minimum atomic E-state index is -0.618. The van der Waals surface area contributed by atoms with Gasteiger partial charge in [-0.25, -0.2) is 4.39 Å². The topological polar surface area (TPSA) is 38.3 Å². The first-order valence-electron chi connectivity index (χ1n) is 8.08. The van der Waals surface area contributed by atoms with Gasteiger partial charge in [-0.3, -0.25) is 4.79 Å². The third kappa shape index (κ3) is 4.34. The Balaban J connectivity index is 2.03. The predicted octanol–water partition coefficient (Wildman–Crippen LogP) is 4.40. The van der Waals surface area contributed by atoms with Crippen molar-refractivity contribution in [3.63, 3.8) is 0 Å². The van der Waals surface area contributed by atoms with Gasteiger partial charge in [0.2, 0.25) is 0 Å². The molecule has 2 atom stereocenters. The van der Waals surface area contributed by atoms with Crippen molar-refractivity contribution in [2.24, 2.45) is 0 Å². The Hall–Kier alpha value is -2.36. The predicted molar refractivity (Wildman–Crippen MR) is 93.7 cm³/mol. The van der Waals surface area contributed by atoms with Gasteiger partial charge in [0.25, 0.3) is 5.91 Å². The molecular weight excluding hydrogens is 305 g/mol. The third-order valence-corrected chi connectivity index (χ3v) is 4.17. The minimum absolute atomic E-state index is 0.203. The van der Waals surface area contributed by atoms with Gasteiger partial charge in [0, 0.05) is 0 Å². The fraction of sp³-hybridized carbons (Fsp3) is 0.350. The second kappa shape index (κ2) is 7.47. The van der Waals surface area contributed by atoms with Crippen LogP contribution in [-0.2, 0) is 4.79 Å². The van der Waals surface area contributed by atoms with Crippen molar-refractivity contribution in [2.45, 2.75) is 46.8 Å². The van der Waals surface area contributed by atoms with E-state index in [2.05, 4.69) is 11.4 Å². The van der Waals surface area contributed by atoms with E-state index in [1.165, 1.54) is 12.1 Å². The Bertz CT molecular complexity index is 725. The molecule has 24 heavy (non-hydrogen) atoms. The van der Waals surface area contributed by atoms with Crippen molar-refractivity contribution in [3.8, 4) is 5.75 Å². The van der Waals surface area contributed by atoms with E-state index < -0.39 is 6.10 Å². The van der Waals surface area contributed by atoms with Gasteiger partial charge in [-0.15, -0.1) is 0 Å². The molecule has 0 saturated heterocycles. The van der Waals surface area contributed by atoms with Gasteiger partial charge in [-0.1, -0.05) is 18.2 Å². The highest BCUT2D eigenvalue weighted by molar-refractivity contribution is 5.81. The average molecular weight is 329 g/mol. The fourth-order valence-electron chi connectivity index (χ4n) is 2.53. The molecule has 0 aliphatic rings. The normalized spacial score (nSPS) is 13.2. The molecular formula is C20H24FNO2. The molecule has 2 aromatic carbocycles. The maximum Gasteiger partial charge on any atom is 0.261 e. The van der Waals surface area contributed by atoms with Crippen molar-refractivity contribution in [2.75, 3.05) is 0 Å². The highest BCUT2D eigenvalue weighted by Gasteiger charge is 2.19. The van der Waals surface area contributed by atoms with Crippen LogP contribution in [0.5, 0.6) is 5.75 Å². The Labute approximate surface area is 142 Å². The summed E-state index contributed by atoms with van der Waals surface area (Å²) in [5.74, 6) is 0.231. The summed E-state index contributed by atoms with van der Waals surface area (Å²) in [4.78, 5) is 12.4. The zero-order valence-electron chi connectivity index (χ0n) is 14.8. The Morgan fingerprint density at radius 3 is 2.33 bits per heavy atom. The minimum Gasteiger partial charge on any atom is -0.481 e. The molecule has 2 unspecified atom stereocenters. The van der Waals surface area contributed by atoms with Gasteiger partial charge in [0.15, 0.2) is 6.10 Å². The summed E-state index contributed by atoms with van der Waals surface area (Å²) in [5, 5.41) is 2.90. The molecule has 0 bridgehead atoms. The highest BCUT2D eigenvalue weighted by Crippen LogP contribution is 2.24. The van der Waals surface area contributed by atoms with E-state index in [0.29, 0.717) is 0 Å². The maximum atomic E-state index is 13.0. The van der Waals surface area contributed by atoms with Gasteiger partial charge in [-0.05, 0) is 75.1 Å². The largest absolute Gasteiger partial charge is 0.481 e. The van der Waals surface area contributed by atoms with Crippen molar-refractivity contribution in [3.05, 3.63) is 64.5 Å². The smallest absolute Gasteiger partial charge is 0.261 e. The lowest BCUT2D eigenvalue weighted by atomic mass is 10.1. The summed E-state index contributed by atoms with van der Waals surface area (Å²) in [5.41, 5.74) is 4.11. The number of halogens is 1. The number of rotatable bonds is 5. The molecule has 4 heteroatoms. The quantitative estimate of drug-likeness (QED) is 0.883. The van der Waals surface area contributed by atoms with Crippen LogP contribution in [0.1, 0.15) is 42.1 Å². The number of amides is 1. The zero-order valence-corrected chi connectivity index (χ0v) is 14.8. The van der Waals surface area contributed by atoms with E-state index in [0.717, 1.165) is 28.0 Å². The SMILES string of the molecule is Cc1cc(C)c(C)c(OC(C)C(=O)NC(C)c2ccc(F)cc2)c1. The molecule has 0 aliphatic carbocycles. The fourth-order valence-corrected chi connectivity index (χ4v) is 2.53. The lowest BCUT2D eigenvalue weighted by Gasteiger charge is -2.20. The van der Waals surface area contributed by atoms with Crippen LogP contribution in [0.4, 0.5) is 4.39 Å². The Morgan fingerprint density at radius 1 is 1.08 bits per heavy atom. The van der Waals surface area contributed by atoms with E-state index in [4.69, 9.17) is 4.74 Å². The maximum absolute atomic E-state index is 13.0. The van der Waals surface area contributed by atoms with Gasteiger partial charge < -0.3 is 10.1 Å². The molecule has 0 aliphatic heterocycles. The first-order valence-corrected chi connectivity index (χ1v) is 8.08. The third-order valence-electron chi connectivity index (χ3n) is 4.17. The van der Waals surface area contributed by atoms with Crippen LogP contribution in [0, 0.1) is 26.6 Å². The number of ether oxygens (including phenoxy) is 1. The summed E-state index contributed by atoms with van der Waals surface area (Å²) < 4.78 is 18.8. The van der Waals surface area contributed by atoms with Crippen LogP contribution in [-0.4, -0.2) is 12.0 Å². The molecule has 1 amide bonds. The molecule has 0 aromatic heterocycles. The summed E-state index contributed by atoms with van der Waals surface area (Å²) in [7, 11) is 0. The molecule has 2 rings (SSSR count). The summed E-state index contributed by atoms with van der Waals surface area (Å²) in [6.07, 6.45) is -0.618. The molecule has 128 valence electrons. The second-order valence-corrected chi connectivity index (χ2v) is 6.25. The molecule has 1 N–H and O–H groups in total. The first-order chi connectivity index (χ1) is 11.3. The number of carbonyl (C=O) groups is 1. The molecule has 0 saturated carbocycles. The molecule has 3 nitrogen and oxygen atoms in total. The zero-order chi connectivity index (χ0) is 17.9. The first kappa shape index (κ1) is 18.0. The van der Waals surface area contributed by atoms with Crippen molar-refractivity contribution in [1.82, 2.24) is 5.32 Å². The van der Waals surface area contributed by atoms with E-state index >= 15 is 0 Å². The second-order valence-electron chi connectivity index (χ2n) is 6.25. The van der Waals surface area contributed by atoms with Crippen molar-refractivity contribution < 1.29 is 13.9 Å². The standard InChI is InChI=1S/C20H24FNO2/c1-12-10-13(2)14(3)19(11-12)24-16(5)20(23)22-15(4)17-6-8-18(21)9-7-17/h6-11,15-16H,1-5H3,(H,22,23). The Morgan fingerprint density at radius 2 is 1.71 bits per heavy atom. The van der Waals surface area contributed by atoms with Gasteiger partial charge >= 0.3 is 0 Å². The lowest BCUT2D eigenvalue weighted by molar-refractivity contribution is -0.127. The van der Waals surface area contributed by atoms with E-state index in [9.17, 15) is 9.18 Å². The lowest BCUT2D eigenvalue weighted by Crippen LogP contribution is -2.37. The van der Waals surface area contributed by atoms with Crippen LogP contribution in [0.15, 0.2) is 36.4 Å². The van der Waals surface area contributed by atoms with Crippen molar-refractivity contribution in [1.29, 1.82) is 0 Å². The van der Waals surface area contributed by atoms with Crippen LogP contribution in [0.2, 0.25) is 0 Å². The van der Waals surface area contributed by atoms with Crippen LogP contribution in [0.3, 0.4) is 0 Å². The van der Waals surface area contributed by atoms with Crippen molar-refractivity contribution >= 4 is 5.91 Å². The Kier molecular flexibility index (Phi) is 5.60. The average Bonchev–Trinajstić information content (AvgIpc) is 2.52. The number of hydrogen-bond acceptors (Lipinski definition) is 2. The highest BCUT2D eigenvalue weighted by atomic mass is 19.1. The van der Waals surface area contributed by atoms with Crippen LogP contribution >= 0.6 is 0 Å². The summed E-state index contributed by atoms with van der Waals surface area (Å²) >= 11 is 0. The van der Waals surface area contributed by atoms with Crippen LogP contribution < -0.4 is 10.1 Å². The number of aryl methyl sites for hydroxylation is 2. The van der Waals surface area contributed by atoms with E-state index in [-0.39, 0.29) is 17.8 Å². The molecule has 0 radical (unpaired) electrons. The number of carbonyl (C=O) groups excluding carboxylic acids is 1. The summed E-state index contributed by atoms with van der Waals surface area (Å²) in [6.45, 7) is 9.59. The monoisotopic (exact) mass is 329 g/mol. The molecule has 0 fully saturated rings. The molecule has 0 heterocycles. The molecule has 0 spiro atoms. The number of hydrogen-bond donors (Lipinski definition) is 1. The number of benzene rings is 2.